The maximum Gasteiger partial charge on any atom is 0.158 e. The molecule has 0 amide bonds. The highest BCUT2D eigenvalue weighted by atomic mass is 35.5. The average molecular weight is 195 g/mol. The molecule has 0 N–H and O–H groups in total. The normalized spacial score (nSPS) is 11.4. The molecule has 0 spiro atoms. The van der Waals surface area contributed by atoms with Crippen LogP contribution in [-0.2, 0) is 0 Å². The highest BCUT2D eigenvalue weighted by molar-refractivity contribution is 6.34. The smallest absolute Gasteiger partial charge is 0.158 e. The summed E-state index contributed by atoms with van der Waals surface area (Å²) in [6, 6.07) is 8.34. The number of nitrogens with zero attached hydrogens (tertiary/aromatic N) is 2. The molecular formula is C10H11ClN2. The third kappa shape index (κ3) is 1.31. The van der Waals surface area contributed by atoms with E-state index in [1.54, 1.807) is 0 Å². The van der Waals surface area contributed by atoms with Crippen LogP contribution in [0.4, 0.5) is 0 Å². The van der Waals surface area contributed by atoms with E-state index in [1.807, 2.05) is 28.9 Å². The van der Waals surface area contributed by atoms with Crippen molar-refractivity contribution in [2.75, 3.05) is 0 Å². The first-order valence-electron chi connectivity index (χ1n) is 4.33. The summed E-state index contributed by atoms with van der Waals surface area (Å²) in [5.41, 5.74) is 1.10. The molecule has 1 aromatic heterocycles. The molecule has 1 heterocycles. The van der Waals surface area contributed by atoms with Gasteiger partial charge >= 0.3 is 0 Å². The number of hydrogen-bond acceptors (Lipinski definition) is 1. The second kappa shape index (κ2) is 3.04. The molecule has 68 valence electrons. The number of halogens is 1. The van der Waals surface area contributed by atoms with Crippen molar-refractivity contribution in [1.82, 2.24) is 9.78 Å². The van der Waals surface area contributed by atoms with Gasteiger partial charge in [0.2, 0.25) is 0 Å². The Morgan fingerprint density at radius 3 is 2.69 bits per heavy atom. The summed E-state index contributed by atoms with van der Waals surface area (Å²) in [7, 11) is 0. The Hall–Kier alpha value is -1.02. The Morgan fingerprint density at radius 1 is 1.31 bits per heavy atom. The van der Waals surface area contributed by atoms with Crippen LogP contribution < -0.4 is 0 Å². The van der Waals surface area contributed by atoms with Crippen LogP contribution in [0.5, 0.6) is 0 Å². The van der Waals surface area contributed by atoms with E-state index in [-0.39, 0.29) is 0 Å². The number of aromatic nitrogens is 2. The molecule has 0 atom stereocenters. The second-order valence-corrected chi connectivity index (χ2v) is 3.70. The first-order chi connectivity index (χ1) is 6.20. The second-order valence-electron chi connectivity index (χ2n) is 3.35. The van der Waals surface area contributed by atoms with Gasteiger partial charge in [-0.2, -0.15) is 5.10 Å². The molecule has 2 aromatic rings. The summed E-state index contributed by atoms with van der Waals surface area (Å²) in [5.74, 6) is 0. The zero-order valence-electron chi connectivity index (χ0n) is 7.66. The van der Waals surface area contributed by atoms with Crippen molar-refractivity contribution in [3.05, 3.63) is 29.4 Å². The van der Waals surface area contributed by atoms with Crippen LogP contribution in [-0.4, -0.2) is 9.78 Å². The van der Waals surface area contributed by atoms with Gasteiger partial charge in [-0.25, -0.2) is 0 Å². The van der Waals surface area contributed by atoms with Crippen molar-refractivity contribution < 1.29 is 0 Å². The standard InChI is InChI=1S/C10H11ClN2/c1-7(2)13-9-6-4-3-5-8(9)10(11)12-13/h3-7H,1-2H3. The third-order valence-corrected chi connectivity index (χ3v) is 2.34. The fourth-order valence-corrected chi connectivity index (χ4v) is 1.69. The summed E-state index contributed by atoms with van der Waals surface area (Å²) < 4.78 is 1.94. The molecule has 2 nitrogen and oxygen atoms in total. The van der Waals surface area contributed by atoms with Crippen LogP contribution in [0.2, 0.25) is 5.15 Å². The van der Waals surface area contributed by atoms with Crippen molar-refractivity contribution in [3.63, 3.8) is 0 Å². The highest BCUT2D eigenvalue weighted by Gasteiger charge is 2.09. The lowest BCUT2D eigenvalue weighted by atomic mass is 10.2. The van der Waals surface area contributed by atoms with Crippen LogP contribution in [0.1, 0.15) is 19.9 Å². The molecule has 0 fully saturated rings. The van der Waals surface area contributed by atoms with Crippen LogP contribution in [0, 0.1) is 0 Å². The van der Waals surface area contributed by atoms with E-state index in [0.717, 1.165) is 10.9 Å². The molecule has 0 bridgehead atoms. The number of para-hydroxylation sites is 1. The topological polar surface area (TPSA) is 17.8 Å². The van der Waals surface area contributed by atoms with Crippen LogP contribution in [0.15, 0.2) is 24.3 Å². The van der Waals surface area contributed by atoms with Gasteiger partial charge in [0.15, 0.2) is 5.15 Å². The van der Waals surface area contributed by atoms with E-state index in [4.69, 9.17) is 11.6 Å². The Morgan fingerprint density at radius 2 is 2.00 bits per heavy atom. The number of hydrogen-bond donors (Lipinski definition) is 0. The minimum absolute atomic E-state index is 0.345. The van der Waals surface area contributed by atoms with Gasteiger partial charge in [0.25, 0.3) is 0 Å². The predicted molar refractivity (Wildman–Crippen MR) is 55.1 cm³/mol. The largest absolute Gasteiger partial charge is 0.261 e. The molecule has 0 unspecified atom stereocenters. The molecule has 1 aromatic carbocycles. The quantitative estimate of drug-likeness (QED) is 0.682. The van der Waals surface area contributed by atoms with Crippen LogP contribution in [0.25, 0.3) is 10.9 Å². The zero-order chi connectivity index (χ0) is 9.42. The van der Waals surface area contributed by atoms with Crippen molar-refractivity contribution in [2.24, 2.45) is 0 Å². The average Bonchev–Trinajstić information content (AvgIpc) is 2.45. The molecule has 0 saturated heterocycles. The van der Waals surface area contributed by atoms with Gasteiger partial charge in [-0.05, 0) is 26.0 Å². The van der Waals surface area contributed by atoms with Gasteiger partial charge < -0.3 is 0 Å². The van der Waals surface area contributed by atoms with Gasteiger partial charge in [0.05, 0.1) is 5.52 Å². The first kappa shape index (κ1) is 8.57. The summed E-state index contributed by atoms with van der Waals surface area (Å²) >= 11 is 5.99. The molecule has 3 heteroatoms. The fraction of sp³-hybridized carbons (Fsp3) is 0.300. The summed E-state index contributed by atoms with van der Waals surface area (Å²) in [4.78, 5) is 0. The third-order valence-electron chi connectivity index (χ3n) is 2.06. The van der Waals surface area contributed by atoms with E-state index >= 15 is 0 Å². The number of benzene rings is 1. The molecule has 0 aliphatic heterocycles. The Balaban J connectivity index is 2.78. The van der Waals surface area contributed by atoms with Gasteiger partial charge in [-0.1, -0.05) is 23.7 Å². The number of fused-ring (bicyclic) bond motifs is 1. The van der Waals surface area contributed by atoms with E-state index < -0.39 is 0 Å². The highest BCUT2D eigenvalue weighted by Crippen LogP contribution is 2.24. The van der Waals surface area contributed by atoms with Gasteiger partial charge in [0.1, 0.15) is 0 Å². The van der Waals surface area contributed by atoms with E-state index in [0.29, 0.717) is 11.2 Å². The molecule has 0 aliphatic rings. The molecule has 2 rings (SSSR count). The van der Waals surface area contributed by atoms with Crippen molar-refractivity contribution in [1.29, 1.82) is 0 Å². The van der Waals surface area contributed by atoms with E-state index in [2.05, 4.69) is 18.9 Å². The molecule has 13 heavy (non-hydrogen) atoms. The van der Waals surface area contributed by atoms with E-state index in [1.165, 1.54) is 0 Å². The van der Waals surface area contributed by atoms with Gasteiger partial charge in [0, 0.05) is 11.4 Å². The summed E-state index contributed by atoms with van der Waals surface area (Å²) in [6.45, 7) is 4.19. The predicted octanol–water partition coefficient (Wildman–Crippen LogP) is 3.27. The SMILES string of the molecule is CC(C)n1nc(Cl)c2ccccc21. The molecular weight excluding hydrogens is 184 g/mol. The summed E-state index contributed by atoms with van der Waals surface area (Å²) in [6.07, 6.45) is 0. The van der Waals surface area contributed by atoms with Crippen LogP contribution in [0.3, 0.4) is 0 Å². The lowest BCUT2D eigenvalue weighted by molar-refractivity contribution is 0.551. The minimum Gasteiger partial charge on any atom is -0.261 e. The lowest BCUT2D eigenvalue weighted by Gasteiger charge is -2.05. The Labute approximate surface area is 82.1 Å². The van der Waals surface area contributed by atoms with E-state index in [9.17, 15) is 0 Å². The Kier molecular flexibility index (Phi) is 2.00. The molecule has 0 radical (unpaired) electrons. The van der Waals surface area contributed by atoms with Crippen molar-refractivity contribution in [3.8, 4) is 0 Å². The monoisotopic (exact) mass is 194 g/mol. The Bertz CT molecular complexity index is 431. The minimum atomic E-state index is 0.345. The van der Waals surface area contributed by atoms with Gasteiger partial charge in [-0.15, -0.1) is 0 Å². The van der Waals surface area contributed by atoms with Gasteiger partial charge in [-0.3, -0.25) is 4.68 Å². The number of rotatable bonds is 1. The van der Waals surface area contributed by atoms with Crippen LogP contribution >= 0.6 is 11.6 Å². The molecule has 0 aliphatic carbocycles. The zero-order valence-corrected chi connectivity index (χ0v) is 8.42. The first-order valence-corrected chi connectivity index (χ1v) is 4.70. The maximum atomic E-state index is 5.99. The van der Waals surface area contributed by atoms with Crippen molar-refractivity contribution >= 4 is 22.5 Å². The lowest BCUT2D eigenvalue weighted by Crippen LogP contribution is -2.01. The fourth-order valence-electron chi connectivity index (χ4n) is 1.44. The molecule has 0 saturated carbocycles. The summed E-state index contributed by atoms with van der Waals surface area (Å²) in [5, 5.41) is 5.88. The maximum absolute atomic E-state index is 5.99. The van der Waals surface area contributed by atoms with Crippen molar-refractivity contribution in [2.45, 2.75) is 19.9 Å².